The zero-order chi connectivity index (χ0) is 20.8. The number of β-lactam (4-membered cyclic amide) rings is 1. The molecule has 150 valence electrons. The third kappa shape index (κ3) is 2.78. The van der Waals surface area contributed by atoms with E-state index in [0.717, 1.165) is 4.90 Å². The smallest absolute Gasteiger partial charge is 0.331 e. The Morgan fingerprint density at radius 2 is 1.62 bits per heavy atom. The summed E-state index contributed by atoms with van der Waals surface area (Å²) in [5.74, 6) is -1.40. The summed E-state index contributed by atoms with van der Waals surface area (Å²) >= 11 is 0. The van der Waals surface area contributed by atoms with Gasteiger partial charge in [0.05, 0.1) is 6.42 Å². The van der Waals surface area contributed by atoms with Crippen molar-refractivity contribution in [2.24, 2.45) is 0 Å². The van der Waals surface area contributed by atoms with Crippen LogP contribution in [0.1, 0.15) is 30.6 Å². The third-order valence-electron chi connectivity index (χ3n) is 5.64. The molecule has 2 aromatic rings. The topological polar surface area (TPSA) is 97.8 Å². The van der Waals surface area contributed by atoms with E-state index in [0.29, 0.717) is 11.1 Å². The van der Waals surface area contributed by atoms with E-state index in [2.05, 4.69) is 0 Å². The predicted molar refractivity (Wildman–Crippen MR) is 103 cm³/mol. The summed E-state index contributed by atoms with van der Waals surface area (Å²) in [5.41, 5.74) is 1.37. The first-order valence-electron chi connectivity index (χ1n) is 9.12. The molecule has 29 heavy (non-hydrogen) atoms. The van der Waals surface area contributed by atoms with Gasteiger partial charge >= 0.3 is 5.97 Å². The molecule has 0 N–H and O–H groups in total. The highest BCUT2D eigenvalue weighted by Gasteiger charge is 2.70. The van der Waals surface area contributed by atoms with E-state index in [-0.39, 0.29) is 12.7 Å². The fourth-order valence-electron chi connectivity index (χ4n) is 3.94. The number of rotatable bonds is 5. The summed E-state index contributed by atoms with van der Waals surface area (Å²) in [6.07, 6.45) is -0.796. The Morgan fingerprint density at radius 3 is 2.07 bits per heavy atom. The van der Waals surface area contributed by atoms with Crippen LogP contribution in [0.15, 0.2) is 60.7 Å². The second-order valence-electron chi connectivity index (χ2n) is 7.35. The first-order chi connectivity index (χ1) is 13.8. The van der Waals surface area contributed by atoms with Crippen molar-refractivity contribution in [3.63, 3.8) is 0 Å². The number of carbonyl (C=O) groups excluding carboxylic acids is 3. The van der Waals surface area contributed by atoms with Gasteiger partial charge in [0.25, 0.3) is 0 Å². The highest BCUT2D eigenvalue weighted by Crippen LogP contribution is 2.46. The quantitative estimate of drug-likeness (QED) is 0.420. The van der Waals surface area contributed by atoms with E-state index in [1.165, 1.54) is 6.92 Å². The van der Waals surface area contributed by atoms with Gasteiger partial charge in [-0.3, -0.25) is 4.79 Å². The van der Waals surface area contributed by atoms with E-state index in [9.17, 15) is 22.8 Å². The van der Waals surface area contributed by atoms with Gasteiger partial charge in [0.15, 0.2) is 26.7 Å². The number of carbonyl (C=O) groups is 3. The number of fused-ring (bicyclic) bond motifs is 1. The summed E-state index contributed by atoms with van der Waals surface area (Å²) in [6.45, 7) is 1.17. The molecule has 8 heteroatoms. The molecule has 0 aromatic heterocycles. The molecule has 2 aliphatic rings. The Balaban J connectivity index is 1.73. The zero-order valence-electron chi connectivity index (χ0n) is 15.6. The van der Waals surface area contributed by atoms with Crippen LogP contribution in [0.3, 0.4) is 0 Å². The predicted octanol–water partition coefficient (Wildman–Crippen LogP) is 1.63. The van der Waals surface area contributed by atoms with Gasteiger partial charge in [-0.25, -0.2) is 13.2 Å². The van der Waals surface area contributed by atoms with Gasteiger partial charge in [-0.2, -0.15) is 0 Å². The van der Waals surface area contributed by atoms with E-state index >= 15 is 0 Å². The molecule has 0 spiro atoms. The van der Waals surface area contributed by atoms with Crippen molar-refractivity contribution >= 4 is 28.0 Å². The number of hydrogen-bond donors (Lipinski definition) is 0. The highest BCUT2D eigenvalue weighted by atomic mass is 32.2. The van der Waals surface area contributed by atoms with Crippen molar-refractivity contribution in [2.75, 3.05) is 0 Å². The molecule has 3 atom stereocenters. The van der Waals surface area contributed by atoms with Crippen LogP contribution in [0.2, 0.25) is 0 Å². The fourth-order valence-corrected chi connectivity index (χ4v) is 6.08. The van der Waals surface area contributed by atoms with Gasteiger partial charge in [0.2, 0.25) is 5.91 Å². The number of sulfone groups is 1. The van der Waals surface area contributed by atoms with Crippen LogP contribution >= 0.6 is 0 Å². The van der Waals surface area contributed by atoms with Gasteiger partial charge in [0.1, 0.15) is 11.7 Å². The Hall–Kier alpha value is -3.00. The molecule has 1 unspecified atom stereocenters. The maximum Gasteiger partial charge on any atom is 0.331 e. The molecule has 7 nitrogen and oxygen atoms in total. The van der Waals surface area contributed by atoms with E-state index in [1.807, 2.05) is 12.1 Å². The van der Waals surface area contributed by atoms with Crippen LogP contribution in [0.5, 0.6) is 0 Å². The van der Waals surface area contributed by atoms with Crippen LogP contribution in [0.4, 0.5) is 0 Å². The highest BCUT2D eigenvalue weighted by molar-refractivity contribution is 7.94. The molecule has 0 radical (unpaired) electrons. The van der Waals surface area contributed by atoms with Crippen molar-refractivity contribution < 1.29 is 27.5 Å². The van der Waals surface area contributed by atoms with Crippen molar-refractivity contribution in [1.29, 1.82) is 0 Å². The van der Waals surface area contributed by atoms with Gasteiger partial charge < -0.3 is 14.4 Å². The summed E-state index contributed by atoms with van der Waals surface area (Å²) in [7, 11) is -4.03. The molecule has 4 rings (SSSR count). The van der Waals surface area contributed by atoms with E-state index in [1.54, 1.807) is 48.5 Å². The van der Waals surface area contributed by atoms with Crippen LogP contribution in [-0.2, 0) is 29.0 Å². The summed E-state index contributed by atoms with van der Waals surface area (Å²) in [6, 6.07) is 16.5. The number of amides is 1. The number of ether oxygens (including phenoxy) is 1. The molecule has 2 aromatic carbocycles. The normalized spacial score (nSPS) is 27.2. The van der Waals surface area contributed by atoms with Crippen LogP contribution < -0.4 is 0 Å². The fraction of sp³-hybridized carbons (Fsp3) is 0.286. The first-order valence-corrected chi connectivity index (χ1v) is 10.7. The maximum atomic E-state index is 13.2. The molecule has 2 aliphatic heterocycles. The number of aldehydes is 1. The maximum absolute atomic E-state index is 13.2. The molecule has 0 aliphatic carbocycles. The standard InChI is InChI=1S/C21H19NO6S/c1-21(13-23)19(22-16(24)12-17(22)29(21,26)27)20(25)28-18(14-8-4-2-5-9-14)15-10-6-3-7-11-15/h2-11,13,17-19H,12H2,1H3/t17-,19+,21?/m1/s1. The lowest BCUT2D eigenvalue weighted by Gasteiger charge is -2.36. The zero-order valence-corrected chi connectivity index (χ0v) is 16.4. The van der Waals surface area contributed by atoms with Gasteiger partial charge in [-0.05, 0) is 18.1 Å². The average molecular weight is 413 g/mol. The SMILES string of the molecule is CC1(C=O)[C@H](C(=O)OC(c2ccccc2)c2ccccc2)N2C(=O)C[C@H]2S1(=O)=O. The second kappa shape index (κ2) is 6.81. The lowest BCUT2D eigenvalue weighted by molar-refractivity contribution is -0.164. The van der Waals surface area contributed by atoms with Crippen molar-refractivity contribution in [3.8, 4) is 0 Å². The molecule has 2 saturated heterocycles. The first kappa shape index (κ1) is 19.3. The second-order valence-corrected chi connectivity index (χ2v) is 9.86. The van der Waals surface area contributed by atoms with Crippen molar-refractivity contribution in [3.05, 3.63) is 71.8 Å². The van der Waals surface area contributed by atoms with Crippen molar-refractivity contribution in [1.82, 2.24) is 4.90 Å². The lowest BCUT2D eigenvalue weighted by Crippen LogP contribution is -2.58. The lowest BCUT2D eigenvalue weighted by atomic mass is 9.97. The minimum atomic E-state index is -4.03. The summed E-state index contributed by atoms with van der Waals surface area (Å²) in [5, 5.41) is -1.16. The molecule has 2 heterocycles. The van der Waals surface area contributed by atoms with Crippen molar-refractivity contribution in [2.45, 2.75) is 35.6 Å². The minimum Gasteiger partial charge on any atom is -0.451 e. The van der Waals surface area contributed by atoms with Crippen LogP contribution in [-0.4, -0.2) is 47.6 Å². The van der Waals surface area contributed by atoms with Gasteiger partial charge in [0, 0.05) is 0 Å². The Kier molecular flexibility index (Phi) is 4.53. The Morgan fingerprint density at radius 1 is 1.10 bits per heavy atom. The number of hydrogen-bond acceptors (Lipinski definition) is 6. The number of nitrogens with zero attached hydrogens (tertiary/aromatic N) is 1. The monoisotopic (exact) mass is 413 g/mol. The largest absolute Gasteiger partial charge is 0.451 e. The average Bonchev–Trinajstić information content (AvgIpc) is 2.88. The Labute approximate surface area is 168 Å². The Bertz CT molecular complexity index is 1030. The molecule has 1 amide bonds. The van der Waals surface area contributed by atoms with Crippen LogP contribution in [0, 0.1) is 0 Å². The molecular weight excluding hydrogens is 394 g/mol. The molecule has 0 bridgehead atoms. The van der Waals surface area contributed by atoms with Crippen LogP contribution in [0.25, 0.3) is 0 Å². The van der Waals surface area contributed by atoms with E-state index in [4.69, 9.17) is 4.74 Å². The van der Waals surface area contributed by atoms with Gasteiger partial charge in [-0.15, -0.1) is 0 Å². The number of esters is 1. The third-order valence-corrected chi connectivity index (χ3v) is 8.29. The molecular formula is C21H19NO6S. The van der Waals surface area contributed by atoms with E-state index < -0.39 is 44.0 Å². The van der Waals surface area contributed by atoms with Gasteiger partial charge in [-0.1, -0.05) is 60.7 Å². The minimum absolute atomic E-state index is 0.226. The molecule has 2 fully saturated rings. The summed E-state index contributed by atoms with van der Waals surface area (Å²) < 4.78 is 29.2. The molecule has 0 saturated carbocycles. The number of benzene rings is 2. The summed E-state index contributed by atoms with van der Waals surface area (Å²) in [4.78, 5) is 38.0.